The Morgan fingerprint density at radius 3 is 3.13 bits per heavy atom. The first-order valence-electron chi connectivity index (χ1n) is 5.79. The van der Waals surface area contributed by atoms with Gasteiger partial charge >= 0.3 is 0 Å². The first-order chi connectivity index (χ1) is 7.25. The van der Waals surface area contributed by atoms with E-state index in [1.807, 2.05) is 11.7 Å². The van der Waals surface area contributed by atoms with E-state index in [1.165, 1.54) is 30.8 Å². The molecule has 4 nitrogen and oxygen atoms in total. The molecule has 1 saturated carbocycles. The number of hydrogen-bond acceptors (Lipinski definition) is 3. The van der Waals surface area contributed by atoms with E-state index >= 15 is 0 Å². The van der Waals surface area contributed by atoms with Gasteiger partial charge in [0.25, 0.3) is 0 Å². The number of nitrogens with zero attached hydrogens (tertiary/aromatic N) is 2. The summed E-state index contributed by atoms with van der Waals surface area (Å²) < 4.78 is 1.96. The Labute approximate surface area is 90.0 Å². The van der Waals surface area contributed by atoms with Gasteiger partial charge in [-0.05, 0) is 25.7 Å². The highest BCUT2D eigenvalue weighted by Crippen LogP contribution is 2.35. The van der Waals surface area contributed by atoms with E-state index in [-0.39, 0.29) is 0 Å². The monoisotopic (exact) mass is 206 g/mol. The molecule has 2 heterocycles. The molecular formula is C11H18N4. The van der Waals surface area contributed by atoms with E-state index in [4.69, 9.17) is 0 Å². The number of aromatic nitrogens is 2. The van der Waals surface area contributed by atoms with Crippen molar-refractivity contribution in [2.24, 2.45) is 13.0 Å². The molecule has 0 aromatic carbocycles. The molecule has 1 aliphatic carbocycles. The van der Waals surface area contributed by atoms with Gasteiger partial charge in [-0.25, -0.2) is 0 Å². The SMILES string of the molecule is Cc1nn(C)c2c1NCC1CCCC1N2. The molecule has 4 heteroatoms. The zero-order valence-electron chi connectivity index (χ0n) is 9.38. The number of rotatable bonds is 0. The van der Waals surface area contributed by atoms with Gasteiger partial charge in [-0.2, -0.15) is 5.10 Å². The van der Waals surface area contributed by atoms with Crippen LogP contribution in [0.4, 0.5) is 11.5 Å². The fraction of sp³-hybridized carbons (Fsp3) is 0.727. The minimum Gasteiger partial charge on any atom is -0.380 e. The normalized spacial score (nSPS) is 28.7. The highest BCUT2D eigenvalue weighted by Gasteiger charge is 2.31. The van der Waals surface area contributed by atoms with Gasteiger partial charge in [-0.1, -0.05) is 6.42 Å². The van der Waals surface area contributed by atoms with Crippen LogP contribution in [0.25, 0.3) is 0 Å². The van der Waals surface area contributed by atoms with Gasteiger partial charge in [-0.3, -0.25) is 4.68 Å². The van der Waals surface area contributed by atoms with E-state index in [9.17, 15) is 0 Å². The average Bonchev–Trinajstić information content (AvgIpc) is 2.68. The average molecular weight is 206 g/mol. The largest absolute Gasteiger partial charge is 0.380 e. The summed E-state index contributed by atoms with van der Waals surface area (Å²) in [4.78, 5) is 0. The lowest BCUT2D eigenvalue weighted by Gasteiger charge is -2.17. The van der Waals surface area contributed by atoms with Crippen molar-refractivity contribution in [3.05, 3.63) is 5.69 Å². The second-order valence-corrected chi connectivity index (χ2v) is 4.76. The predicted molar refractivity (Wildman–Crippen MR) is 61.2 cm³/mol. The second-order valence-electron chi connectivity index (χ2n) is 4.76. The van der Waals surface area contributed by atoms with Gasteiger partial charge in [0, 0.05) is 19.6 Å². The number of nitrogens with one attached hydrogen (secondary N) is 2. The Hall–Kier alpha value is -1.19. The van der Waals surface area contributed by atoms with Crippen molar-refractivity contribution in [3.8, 4) is 0 Å². The minimum absolute atomic E-state index is 0.647. The molecule has 2 aliphatic rings. The van der Waals surface area contributed by atoms with Crippen LogP contribution in [0.15, 0.2) is 0 Å². The Balaban J connectivity index is 1.98. The van der Waals surface area contributed by atoms with Crippen LogP contribution in [0.1, 0.15) is 25.0 Å². The van der Waals surface area contributed by atoms with Crippen molar-refractivity contribution in [1.29, 1.82) is 0 Å². The molecule has 1 aromatic rings. The van der Waals surface area contributed by atoms with Crippen molar-refractivity contribution in [2.45, 2.75) is 32.2 Å². The Morgan fingerprint density at radius 2 is 2.27 bits per heavy atom. The Kier molecular flexibility index (Phi) is 1.90. The third-order valence-corrected chi connectivity index (χ3v) is 3.74. The summed E-state index contributed by atoms with van der Waals surface area (Å²) in [6.07, 6.45) is 4.01. The molecule has 0 bridgehead atoms. The van der Waals surface area contributed by atoms with Crippen molar-refractivity contribution < 1.29 is 0 Å². The molecule has 82 valence electrons. The highest BCUT2D eigenvalue weighted by atomic mass is 15.3. The Bertz CT molecular complexity index is 382. The fourth-order valence-corrected chi connectivity index (χ4v) is 2.92. The second kappa shape index (κ2) is 3.15. The smallest absolute Gasteiger partial charge is 0.148 e. The molecule has 1 aromatic heterocycles. The highest BCUT2D eigenvalue weighted by molar-refractivity contribution is 5.69. The fourth-order valence-electron chi connectivity index (χ4n) is 2.92. The summed E-state index contributed by atoms with van der Waals surface area (Å²) in [6.45, 7) is 3.16. The van der Waals surface area contributed by atoms with Gasteiger partial charge in [-0.15, -0.1) is 0 Å². The zero-order chi connectivity index (χ0) is 10.4. The van der Waals surface area contributed by atoms with Crippen molar-refractivity contribution in [2.75, 3.05) is 17.2 Å². The predicted octanol–water partition coefficient (Wildman–Crippen LogP) is 1.73. The standard InChI is InChI=1S/C11H18N4/c1-7-10-11(15(2)14-7)13-9-5-3-4-8(9)6-12-10/h8-9,12-13H,3-6H2,1-2H3. The van der Waals surface area contributed by atoms with Crippen molar-refractivity contribution >= 4 is 11.5 Å². The van der Waals surface area contributed by atoms with Crippen LogP contribution < -0.4 is 10.6 Å². The third-order valence-electron chi connectivity index (χ3n) is 3.74. The van der Waals surface area contributed by atoms with E-state index in [0.717, 1.165) is 18.2 Å². The molecule has 2 N–H and O–H groups in total. The lowest BCUT2D eigenvalue weighted by Crippen LogP contribution is -2.26. The summed E-state index contributed by atoms with van der Waals surface area (Å²) in [5.74, 6) is 1.96. The maximum absolute atomic E-state index is 4.44. The third kappa shape index (κ3) is 1.31. The maximum Gasteiger partial charge on any atom is 0.148 e. The van der Waals surface area contributed by atoms with Gasteiger partial charge in [0.05, 0.1) is 5.69 Å². The summed E-state index contributed by atoms with van der Waals surface area (Å²) in [6, 6.07) is 0.647. The molecule has 3 rings (SSSR count). The molecule has 0 spiro atoms. The molecular weight excluding hydrogens is 188 g/mol. The van der Waals surface area contributed by atoms with Crippen LogP contribution in [0.5, 0.6) is 0 Å². The van der Waals surface area contributed by atoms with Crippen molar-refractivity contribution in [1.82, 2.24) is 9.78 Å². The topological polar surface area (TPSA) is 41.9 Å². The number of aryl methyl sites for hydroxylation is 2. The molecule has 2 unspecified atom stereocenters. The molecule has 1 fully saturated rings. The lowest BCUT2D eigenvalue weighted by molar-refractivity contribution is 0.533. The molecule has 0 amide bonds. The van der Waals surface area contributed by atoms with Crippen LogP contribution in [0.2, 0.25) is 0 Å². The van der Waals surface area contributed by atoms with E-state index in [0.29, 0.717) is 6.04 Å². The van der Waals surface area contributed by atoms with Crippen LogP contribution in [-0.2, 0) is 7.05 Å². The Morgan fingerprint density at radius 1 is 1.40 bits per heavy atom. The van der Waals surface area contributed by atoms with E-state index < -0.39 is 0 Å². The maximum atomic E-state index is 4.44. The lowest BCUT2D eigenvalue weighted by atomic mass is 10.0. The molecule has 15 heavy (non-hydrogen) atoms. The van der Waals surface area contributed by atoms with Crippen molar-refractivity contribution in [3.63, 3.8) is 0 Å². The zero-order valence-corrected chi connectivity index (χ0v) is 9.38. The van der Waals surface area contributed by atoms with Crippen LogP contribution in [0, 0.1) is 12.8 Å². The molecule has 1 aliphatic heterocycles. The van der Waals surface area contributed by atoms with E-state index in [2.05, 4.69) is 22.7 Å². The van der Waals surface area contributed by atoms with E-state index in [1.54, 1.807) is 0 Å². The number of fused-ring (bicyclic) bond motifs is 2. The van der Waals surface area contributed by atoms with Gasteiger partial charge < -0.3 is 10.6 Å². The summed E-state index contributed by atoms with van der Waals surface area (Å²) in [5.41, 5.74) is 2.30. The number of hydrogen-bond donors (Lipinski definition) is 2. The van der Waals surface area contributed by atoms with Crippen LogP contribution in [-0.4, -0.2) is 22.4 Å². The van der Waals surface area contributed by atoms with Gasteiger partial charge in [0.1, 0.15) is 11.5 Å². The van der Waals surface area contributed by atoms with Gasteiger partial charge in [0.15, 0.2) is 0 Å². The molecule has 0 radical (unpaired) electrons. The number of anilines is 2. The minimum atomic E-state index is 0.647. The molecule has 2 atom stereocenters. The summed E-state index contributed by atoms with van der Waals surface area (Å²) in [5, 5.41) is 11.6. The summed E-state index contributed by atoms with van der Waals surface area (Å²) >= 11 is 0. The first kappa shape index (κ1) is 9.07. The quantitative estimate of drug-likeness (QED) is 0.679. The van der Waals surface area contributed by atoms with Crippen LogP contribution in [0.3, 0.4) is 0 Å². The molecule has 0 saturated heterocycles. The summed E-state index contributed by atoms with van der Waals surface area (Å²) in [7, 11) is 2.01. The van der Waals surface area contributed by atoms with Crippen LogP contribution >= 0.6 is 0 Å². The van der Waals surface area contributed by atoms with Gasteiger partial charge in [0.2, 0.25) is 0 Å². The first-order valence-corrected chi connectivity index (χ1v) is 5.79.